The molecule has 0 radical (unpaired) electrons. The Kier molecular flexibility index (Phi) is 6.94. The summed E-state index contributed by atoms with van der Waals surface area (Å²) in [6, 6.07) is 15.3. The minimum absolute atomic E-state index is 0.186. The number of aldehydes is 1. The molecule has 0 amide bonds. The summed E-state index contributed by atoms with van der Waals surface area (Å²) >= 11 is 0. The molecule has 5 rings (SSSR count). The van der Waals surface area contributed by atoms with E-state index >= 15 is 0 Å². The molecule has 9 heteroatoms. The second kappa shape index (κ2) is 10.2. The standard InChI is InChI=1S/C30H31N3O5S/c1-6-24(20-8-7-9-23(12-20)32-39(5,35)36)29-25-13-21-15-31-33(18(2)3)27(21)14-22(25)17-38-30-26(29)10-19(16-34)11-28(30)37-4/h7-16,18,32H,6,17H2,1-5H3/b29-24-. The monoisotopic (exact) mass is 545 g/mol. The van der Waals surface area contributed by atoms with E-state index in [1.165, 1.54) is 0 Å². The number of sulfonamides is 1. The topological polar surface area (TPSA) is 99.5 Å². The molecule has 1 aliphatic rings. The number of anilines is 1. The zero-order valence-corrected chi connectivity index (χ0v) is 23.4. The smallest absolute Gasteiger partial charge is 0.229 e. The van der Waals surface area contributed by atoms with Crippen molar-refractivity contribution in [3.05, 3.63) is 82.5 Å². The maximum atomic E-state index is 11.9. The number of fused-ring (bicyclic) bond motifs is 3. The van der Waals surface area contributed by atoms with Crippen LogP contribution < -0.4 is 14.2 Å². The first-order chi connectivity index (χ1) is 18.6. The Morgan fingerprint density at radius 2 is 1.97 bits per heavy atom. The van der Waals surface area contributed by atoms with Gasteiger partial charge in [-0.3, -0.25) is 14.2 Å². The first-order valence-electron chi connectivity index (χ1n) is 12.8. The lowest BCUT2D eigenvalue weighted by Gasteiger charge is -2.19. The van der Waals surface area contributed by atoms with Gasteiger partial charge in [-0.05, 0) is 84.5 Å². The van der Waals surface area contributed by atoms with Crippen molar-refractivity contribution in [2.75, 3.05) is 18.1 Å². The quantitative estimate of drug-likeness (QED) is 0.283. The number of nitrogens with one attached hydrogen (secondary N) is 1. The molecule has 0 spiro atoms. The van der Waals surface area contributed by atoms with Crippen molar-refractivity contribution < 1.29 is 22.7 Å². The Morgan fingerprint density at radius 3 is 2.64 bits per heavy atom. The normalized spacial score (nSPS) is 14.3. The summed E-state index contributed by atoms with van der Waals surface area (Å²) < 4.78 is 40.5. The van der Waals surface area contributed by atoms with Crippen molar-refractivity contribution in [3.63, 3.8) is 0 Å². The van der Waals surface area contributed by atoms with E-state index in [2.05, 4.69) is 42.7 Å². The molecule has 1 aromatic heterocycles. The Morgan fingerprint density at radius 1 is 1.18 bits per heavy atom. The number of carbonyl (C=O) groups is 1. The number of benzene rings is 3. The predicted molar refractivity (Wildman–Crippen MR) is 154 cm³/mol. The molecule has 0 saturated heterocycles. The van der Waals surface area contributed by atoms with Gasteiger partial charge in [-0.15, -0.1) is 0 Å². The summed E-state index contributed by atoms with van der Waals surface area (Å²) in [4.78, 5) is 11.9. The maximum Gasteiger partial charge on any atom is 0.229 e. The van der Waals surface area contributed by atoms with Gasteiger partial charge in [0.1, 0.15) is 12.9 Å². The molecule has 1 N–H and O–H groups in total. The molecule has 8 nitrogen and oxygen atoms in total. The summed E-state index contributed by atoms with van der Waals surface area (Å²) in [6.07, 6.45) is 4.42. The third kappa shape index (κ3) is 5.02. The Bertz CT molecular complexity index is 1740. The SMILES string of the molecule is CC/C(=C1\c2cc3cnn(C(C)C)c3cc2COc2c(OC)cc(C=O)cc21)c1cccc(NS(C)(=O)=O)c1. The van der Waals surface area contributed by atoms with E-state index in [9.17, 15) is 13.2 Å². The first kappa shape index (κ1) is 26.5. The molecule has 4 aromatic rings. The highest BCUT2D eigenvalue weighted by molar-refractivity contribution is 7.92. The molecule has 0 aliphatic carbocycles. The van der Waals surface area contributed by atoms with Crippen LogP contribution in [0.1, 0.15) is 65.8 Å². The summed E-state index contributed by atoms with van der Waals surface area (Å²) in [5.74, 6) is 1.03. The summed E-state index contributed by atoms with van der Waals surface area (Å²) in [6.45, 7) is 6.54. The molecule has 39 heavy (non-hydrogen) atoms. The Hall–Kier alpha value is -4.11. The van der Waals surface area contributed by atoms with Gasteiger partial charge in [0.25, 0.3) is 0 Å². The molecule has 2 heterocycles. The number of methoxy groups -OCH3 is 1. The average Bonchev–Trinajstić information content (AvgIpc) is 3.25. The fraction of sp³-hybridized carbons (Fsp3) is 0.267. The third-order valence-corrected chi connectivity index (χ3v) is 7.43. The fourth-order valence-corrected chi connectivity index (χ4v) is 5.76. The molecule has 0 fully saturated rings. The van der Waals surface area contributed by atoms with Crippen molar-refractivity contribution in [2.45, 2.75) is 39.8 Å². The number of aromatic nitrogens is 2. The summed E-state index contributed by atoms with van der Waals surface area (Å²) in [7, 11) is -1.90. The van der Waals surface area contributed by atoms with Gasteiger partial charge in [-0.1, -0.05) is 19.1 Å². The number of hydrogen-bond acceptors (Lipinski definition) is 6. The van der Waals surface area contributed by atoms with Crippen molar-refractivity contribution in [2.24, 2.45) is 0 Å². The van der Waals surface area contributed by atoms with Gasteiger partial charge >= 0.3 is 0 Å². The lowest BCUT2D eigenvalue weighted by molar-refractivity contribution is 0.112. The van der Waals surface area contributed by atoms with Crippen LogP contribution in [0.3, 0.4) is 0 Å². The van der Waals surface area contributed by atoms with Crippen molar-refractivity contribution in [1.82, 2.24) is 9.78 Å². The average molecular weight is 546 g/mol. The molecule has 0 bridgehead atoms. The van der Waals surface area contributed by atoms with E-state index in [1.54, 1.807) is 19.2 Å². The zero-order chi connectivity index (χ0) is 27.9. The van der Waals surface area contributed by atoms with Crippen LogP contribution >= 0.6 is 0 Å². The van der Waals surface area contributed by atoms with Crippen LogP contribution in [0.5, 0.6) is 11.5 Å². The highest BCUT2D eigenvalue weighted by atomic mass is 32.2. The zero-order valence-electron chi connectivity index (χ0n) is 22.6. The predicted octanol–water partition coefficient (Wildman–Crippen LogP) is 6.07. The fourth-order valence-electron chi connectivity index (χ4n) is 5.21. The van der Waals surface area contributed by atoms with E-state index in [4.69, 9.17) is 9.47 Å². The summed E-state index contributed by atoms with van der Waals surface area (Å²) in [5.41, 5.74) is 7.35. The van der Waals surface area contributed by atoms with Crippen LogP contribution in [-0.2, 0) is 16.6 Å². The minimum atomic E-state index is -3.45. The Balaban J connectivity index is 1.87. The highest BCUT2D eigenvalue weighted by Gasteiger charge is 2.27. The van der Waals surface area contributed by atoms with Crippen LogP contribution in [0, 0.1) is 0 Å². The molecule has 0 atom stereocenters. The summed E-state index contributed by atoms with van der Waals surface area (Å²) in [5, 5.41) is 5.60. The van der Waals surface area contributed by atoms with Gasteiger partial charge in [0.15, 0.2) is 11.5 Å². The van der Waals surface area contributed by atoms with Gasteiger partial charge in [0.2, 0.25) is 10.0 Å². The first-order valence-corrected chi connectivity index (χ1v) is 14.6. The Labute approximate surface area is 228 Å². The molecular formula is C30H31N3O5S. The van der Waals surface area contributed by atoms with Crippen LogP contribution in [-0.4, -0.2) is 37.9 Å². The number of hydrogen-bond donors (Lipinski definition) is 1. The van der Waals surface area contributed by atoms with Crippen LogP contribution in [0.25, 0.3) is 22.0 Å². The molecule has 0 unspecified atom stereocenters. The second-order valence-corrected chi connectivity index (χ2v) is 11.7. The van der Waals surface area contributed by atoms with E-state index in [1.807, 2.05) is 35.1 Å². The number of rotatable bonds is 7. The largest absolute Gasteiger partial charge is 0.493 e. The van der Waals surface area contributed by atoms with Gasteiger partial charge < -0.3 is 9.47 Å². The van der Waals surface area contributed by atoms with Gasteiger partial charge in [-0.25, -0.2) is 8.42 Å². The number of ether oxygens (including phenoxy) is 2. The van der Waals surface area contributed by atoms with Crippen molar-refractivity contribution in [3.8, 4) is 11.5 Å². The third-order valence-electron chi connectivity index (χ3n) is 6.82. The molecule has 3 aromatic carbocycles. The molecule has 202 valence electrons. The van der Waals surface area contributed by atoms with Crippen LogP contribution in [0.2, 0.25) is 0 Å². The molecular weight excluding hydrogens is 514 g/mol. The molecule has 0 saturated carbocycles. The number of nitrogens with zero attached hydrogens (tertiary/aromatic N) is 2. The minimum Gasteiger partial charge on any atom is -0.493 e. The van der Waals surface area contributed by atoms with Crippen LogP contribution in [0.4, 0.5) is 5.69 Å². The van der Waals surface area contributed by atoms with Crippen molar-refractivity contribution >= 4 is 44.0 Å². The van der Waals surface area contributed by atoms with Gasteiger partial charge in [0.05, 0.1) is 25.1 Å². The second-order valence-electron chi connectivity index (χ2n) is 9.92. The van der Waals surface area contributed by atoms with Gasteiger partial charge in [-0.2, -0.15) is 5.10 Å². The molecule has 1 aliphatic heterocycles. The lowest BCUT2D eigenvalue weighted by Crippen LogP contribution is -2.09. The van der Waals surface area contributed by atoms with E-state index < -0.39 is 10.0 Å². The maximum absolute atomic E-state index is 11.9. The van der Waals surface area contributed by atoms with E-state index in [-0.39, 0.29) is 6.04 Å². The van der Waals surface area contributed by atoms with E-state index in [0.29, 0.717) is 35.8 Å². The van der Waals surface area contributed by atoms with Crippen molar-refractivity contribution in [1.29, 1.82) is 0 Å². The lowest BCUT2D eigenvalue weighted by atomic mass is 9.85. The highest BCUT2D eigenvalue weighted by Crippen LogP contribution is 2.47. The van der Waals surface area contributed by atoms with E-state index in [0.717, 1.165) is 56.8 Å². The van der Waals surface area contributed by atoms with Crippen LogP contribution in [0.15, 0.2) is 54.7 Å². The number of allylic oxidation sites excluding steroid dienone is 1. The number of carbonyl (C=O) groups excluding carboxylic acids is 1. The van der Waals surface area contributed by atoms with Gasteiger partial charge in [0, 0.05) is 28.2 Å².